The van der Waals surface area contributed by atoms with Gasteiger partial charge in [-0.1, -0.05) is 36.4 Å². The highest BCUT2D eigenvalue weighted by atomic mass is 16.3. The van der Waals surface area contributed by atoms with E-state index in [9.17, 15) is 9.90 Å². The molecule has 1 atom stereocenters. The maximum Gasteiger partial charge on any atom is 0.254 e. The highest BCUT2D eigenvalue weighted by Gasteiger charge is 2.31. The summed E-state index contributed by atoms with van der Waals surface area (Å²) in [5.41, 5.74) is 3.75. The molecule has 138 valence electrons. The Kier molecular flexibility index (Phi) is 5.47. The van der Waals surface area contributed by atoms with E-state index in [-0.39, 0.29) is 11.9 Å². The number of amides is 1. The summed E-state index contributed by atoms with van der Waals surface area (Å²) in [5, 5.41) is 9.86. The van der Waals surface area contributed by atoms with Gasteiger partial charge in [0.15, 0.2) is 0 Å². The zero-order valence-electron chi connectivity index (χ0n) is 16.0. The molecule has 2 aromatic rings. The van der Waals surface area contributed by atoms with Gasteiger partial charge in [0.2, 0.25) is 0 Å². The molecule has 0 aliphatic carbocycles. The van der Waals surface area contributed by atoms with Crippen molar-refractivity contribution in [2.45, 2.75) is 58.1 Å². The van der Waals surface area contributed by atoms with Crippen LogP contribution in [-0.2, 0) is 6.42 Å². The first-order chi connectivity index (χ1) is 12.3. The minimum Gasteiger partial charge on any atom is -0.390 e. The van der Waals surface area contributed by atoms with E-state index >= 15 is 0 Å². The number of nitrogens with zero attached hydrogens (tertiary/aromatic N) is 1. The van der Waals surface area contributed by atoms with Gasteiger partial charge in [-0.2, -0.15) is 0 Å². The van der Waals surface area contributed by atoms with Crippen LogP contribution >= 0.6 is 0 Å². The predicted octanol–water partition coefficient (Wildman–Crippen LogP) is 4.68. The van der Waals surface area contributed by atoms with Crippen LogP contribution in [0.25, 0.3) is 0 Å². The Bertz CT molecular complexity index is 759. The van der Waals surface area contributed by atoms with E-state index in [4.69, 9.17) is 0 Å². The molecule has 1 saturated heterocycles. The number of benzene rings is 2. The summed E-state index contributed by atoms with van der Waals surface area (Å²) in [6.45, 7) is 6.58. The van der Waals surface area contributed by atoms with Gasteiger partial charge in [0.1, 0.15) is 0 Å². The van der Waals surface area contributed by atoms with E-state index in [0.29, 0.717) is 6.42 Å². The van der Waals surface area contributed by atoms with Gasteiger partial charge in [0.05, 0.1) is 11.6 Å². The van der Waals surface area contributed by atoms with Crippen LogP contribution in [0.4, 0.5) is 0 Å². The van der Waals surface area contributed by atoms with Crippen molar-refractivity contribution in [1.29, 1.82) is 0 Å². The number of likely N-dealkylation sites (tertiary alicyclic amines) is 1. The maximum atomic E-state index is 13.1. The first-order valence-electron chi connectivity index (χ1n) is 9.53. The maximum absolute atomic E-state index is 13.1. The highest BCUT2D eigenvalue weighted by Crippen LogP contribution is 2.34. The third kappa shape index (κ3) is 4.34. The van der Waals surface area contributed by atoms with Gasteiger partial charge in [-0.3, -0.25) is 4.79 Å². The number of rotatable bonds is 5. The summed E-state index contributed by atoms with van der Waals surface area (Å²) < 4.78 is 0. The lowest BCUT2D eigenvalue weighted by molar-refractivity contribution is 0.0710. The van der Waals surface area contributed by atoms with Crippen molar-refractivity contribution in [2.24, 2.45) is 0 Å². The summed E-state index contributed by atoms with van der Waals surface area (Å²) in [4.78, 5) is 15.1. The average Bonchev–Trinajstić information content (AvgIpc) is 3.09. The van der Waals surface area contributed by atoms with Gasteiger partial charge in [0.25, 0.3) is 5.91 Å². The van der Waals surface area contributed by atoms with E-state index in [1.165, 1.54) is 11.1 Å². The second kappa shape index (κ2) is 7.63. The minimum atomic E-state index is -0.662. The number of aliphatic hydroxyl groups is 1. The molecule has 0 radical (unpaired) electrons. The van der Waals surface area contributed by atoms with Crippen LogP contribution in [0.3, 0.4) is 0 Å². The minimum absolute atomic E-state index is 0.116. The smallest absolute Gasteiger partial charge is 0.254 e. The third-order valence-corrected chi connectivity index (χ3v) is 5.29. The predicted molar refractivity (Wildman–Crippen MR) is 105 cm³/mol. The monoisotopic (exact) mass is 351 g/mol. The lowest BCUT2D eigenvalue weighted by Gasteiger charge is -2.26. The van der Waals surface area contributed by atoms with Crippen LogP contribution in [0.5, 0.6) is 0 Å². The molecule has 1 amide bonds. The standard InChI is InChI=1S/C23H29NO2/c1-17-7-4-5-8-20(17)21-9-6-16-24(21)22(25)19-12-10-18(11-13-19)14-15-23(2,3)26/h4-5,7-8,10-13,21,26H,6,9,14-16H2,1-3H3/t21-/m0/s1. The molecule has 3 nitrogen and oxygen atoms in total. The van der Waals surface area contributed by atoms with Gasteiger partial charge >= 0.3 is 0 Å². The normalized spacial score (nSPS) is 17.5. The van der Waals surface area contributed by atoms with Crippen LogP contribution in [-0.4, -0.2) is 28.1 Å². The quantitative estimate of drug-likeness (QED) is 0.850. The molecule has 3 rings (SSSR count). The van der Waals surface area contributed by atoms with Crippen molar-refractivity contribution in [1.82, 2.24) is 4.90 Å². The molecule has 0 unspecified atom stereocenters. The summed E-state index contributed by atoms with van der Waals surface area (Å²) in [6, 6.07) is 16.4. The molecular formula is C23H29NO2. The lowest BCUT2D eigenvalue weighted by Crippen LogP contribution is -2.30. The third-order valence-electron chi connectivity index (χ3n) is 5.29. The fraction of sp³-hybridized carbons (Fsp3) is 0.435. The van der Waals surface area contributed by atoms with Crippen molar-refractivity contribution in [3.05, 3.63) is 70.8 Å². The summed E-state index contributed by atoms with van der Waals surface area (Å²) in [5.74, 6) is 0.116. The van der Waals surface area contributed by atoms with Crippen molar-refractivity contribution >= 4 is 5.91 Å². The molecule has 0 spiro atoms. The molecular weight excluding hydrogens is 322 g/mol. The van der Waals surface area contributed by atoms with Crippen molar-refractivity contribution in [3.63, 3.8) is 0 Å². The highest BCUT2D eigenvalue weighted by molar-refractivity contribution is 5.94. The van der Waals surface area contributed by atoms with E-state index in [2.05, 4.69) is 25.1 Å². The van der Waals surface area contributed by atoms with Crippen LogP contribution in [0.1, 0.15) is 66.2 Å². The SMILES string of the molecule is Cc1ccccc1[C@@H]1CCCN1C(=O)c1ccc(CCC(C)(C)O)cc1. The molecule has 3 heteroatoms. The summed E-state index contributed by atoms with van der Waals surface area (Å²) in [6.07, 6.45) is 3.60. The Labute approximate surface area is 156 Å². The largest absolute Gasteiger partial charge is 0.390 e. The molecule has 1 N–H and O–H groups in total. The number of carbonyl (C=O) groups excluding carboxylic acids is 1. The number of hydrogen-bond donors (Lipinski definition) is 1. The molecule has 0 bridgehead atoms. The van der Waals surface area contributed by atoms with Crippen LogP contribution in [0.15, 0.2) is 48.5 Å². The lowest BCUT2D eigenvalue weighted by atomic mass is 9.97. The number of carbonyl (C=O) groups is 1. The van der Waals surface area contributed by atoms with Crippen molar-refractivity contribution in [3.8, 4) is 0 Å². The van der Waals surface area contributed by atoms with E-state index < -0.39 is 5.60 Å². The van der Waals surface area contributed by atoms with Crippen molar-refractivity contribution < 1.29 is 9.90 Å². The molecule has 1 aliphatic heterocycles. The Hall–Kier alpha value is -2.13. The Balaban J connectivity index is 1.73. The van der Waals surface area contributed by atoms with Gasteiger partial charge in [-0.15, -0.1) is 0 Å². The summed E-state index contributed by atoms with van der Waals surface area (Å²) >= 11 is 0. The number of hydrogen-bond acceptors (Lipinski definition) is 2. The van der Waals surface area contributed by atoms with Gasteiger partial charge in [0, 0.05) is 12.1 Å². The molecule has 1 aliphatic rings. The van der Waals surface area contributed by atoms with E-state index in [0.717, 1.165) is 36.9 Å². The van der Waals surface area contributed by atoms with E-state index in [1.54, 1.807) is 0 Å². The molecule has 1 fully saturated rings. The van der Waals surface area contributed by atoms with Crippen LogP contribution < -0.4 is 0 Å². The topological polar surface area (TPSA) is 40.5 Å². The number of aryl methyl sites for hydroxylation is 2. The van der Waals surface area contributed by atoms with E-state index in [1.807, 2.05) is 49.1 Å². The first kappa shape index (κ1) is 18.7. The molecule has 0 aromatic heterocycles. The fourth-order valence-corrected chi connectivity index (χ4v) is 3.72. The van der Waals surface area contributed by atoms with Gasteiger partial charge in [-0.05, 0) is 75.3 Å². The van der Waals surface area contributed by atoms with Gasteiger partial charge < -0.3 is 10.0 Å². The molecule has 0 saturated carbocycles. The Morgan fingerprint density at radius 2 is 1.85 bits per heavy atom. The van der Waals surface area contributed by atoms with Crippen LogP contribution in [0, 0.1) is 6.92 Å². The Morgan fingerprint density at radius 3 is 2.50 bits per heavy atom. The molecule has 1 heterocycles. The summed E-state index contributed by atoms with van der Waals surface area (Å²) in [7, 11) is 0. The molecule has 2 aromatic carbocycles. The second-order valence-electron chi connectivity index (χ2n) is 8.02. The van der Waals surface area contributed by atoms with Crippen molar-refractivity contribution in [2.75, 3.05) is 6.54 Å². The van der Waals surface area contributed by atoms with Crippen LogP contribution in [0.2, 0.25) is 0 Å². The second-order valence-corrected chi connectivity index (χ2v) is 8.02. The van der Waals surface area contributed by atoms with Gasteiger partial charge in [-0.25, -0.2) is 0 Å². The molecule has 26 heavy (non-hydrogen) atoms. The zero-order valence-corrected chi connectivity index (χ0v) is 16.0. The Morgan fingerprint density at radius 1 is 1.15 bits per heavy atom. The average molecular weight is 351 g/mol. The zero-order chi connectivity index (χ0) is 18.7. The fourth-order valence-electron chi connectivity index (χ4n) is 3.72. The first-order valence-corrected chi connectivity index (χ1v) is 9.53.